The number of rotatable bonds is 1. The first-order valence-electron chi connectivity index (χ1n) is 2.61. The Hall–Kier alpha value is -0.900. The number of pyridine rings is 1. The Morgan fingerprint density at radius 3 is 3.00 bits per heavy atom. The molecule has 10 heavy (non-hydrogen) atoms. The molecule has 0 saturated carbocycles. The summed E-state index contributed by atoms with van der Waals surface area (Å²) in [6.07, 6.45) is 4.58. The fourth-order valence-corrected chi connectivity index (χ4v) is 0.948. The Bertz CT molecular complexity index is 249. The predicted octanol–water partition coefficient (Wildman–Crippen LogP) is 1.65. The lowest BCUT2D eigenvalue weighted by Crippen LogP contribution is -1.81. The van der Waals surface area contributed by atoms with Gasteiger partial charge in [0.25, 0.3) is 0 Å². The van der Waals surface area contributed by atoms with Gasteiger partial charge in [-0.05, 0) is 22.0 Å². The van der Waals surface area contributed by atoms with Crippen LogP contribution in [0.2, 0.25) is 0 Å². The van der Waals surface area contributed by atoms with Crippen LogP contribution in [0.1, 0.15) is 5.56 Å². The second kappa shape index (κ2) is 3.31. The monoisotopic (exact) mass is 200 g/mol. The van der Waals surface area contributed by atoms with Crippen molar-refractivity contribution in [2.24, 2.45) is 5.16 Å². The van der Waals surface area contributed by atoms with Crippen molar-refractivity contribution >= 4 is 22.1 Å². The molecule has 1 aromatic rings. The quantitative estimate of drug-likeness (QED) is 0.426. The summed E-state index contributed by atoms with van der Waals surface area (Å²) in [6.45, 7) is 0. The molecule has 0 saturated heterocycles. The number of oxime groups is 1. The molecule has 0 spiro atoms. The van der Waals surface area contributed by atoms with Crippen molar-refractivity contribution in [1.82, 2.24) is 4.98 Å². The first-order chi connectivity index (χ1) is 4.83. The zero-order valence-electron chi connectivity index (χ0n) is 5.03. The van der Waals surface area contributed by atoms with Crippen molar-refractivity contribution in [3.63, 3.8) is 0 Å². The van der Waals surface area contributed by atoms with Crippen molar-refractivity contribution in [2.75, 3.05) is 0 Å². The van der Waals surface area contributed by atoms with Crippen molar-refractivity contribution < 1.29 is 5.21 Å². The van der Waals surface area contributed by atoms with Gasteiger partial charge in [0.15, 0.2) is 0 Å². The summed E-state index contributed by atoms with van der Waals surface area (Å²) in [4.78, 5) is 3.85. The molecular formula is C6H5BrN2O. The van der Waals surface area contributed by atoms with E-state index >= 15 is 0 Å². The van der Waals surface area contributed by atoms with Gasteiger partial charge in [0.1, 0.15) is 0 Å². The van der Waals surface area contributed by atoms with Crippen LogP contribution in [0.4, 0.5) is 0 Å². The zero-order chi connectivity index (χ0) is 7.40. The molecule has 0 fully saturated rings. The number of nitrogens with zero attached hydrogens (tertiary/aromatic N) is 2. The van der Waals surface area contributed by atoms with Crippen molar-refractivity contribution in [1.29, 1.82) is 0 Å². The van der Waals surface area contributed by atoms with Gasteiger partial charge < -0.3 is 5.21 Å². The van der Waals surface area contributed by atoms with E-state index in [-0.39, 0.29) is 0 Å². The second-order valence-corrected chi connectivity index (χ2v) is 2.60. The third-order valence-corrected chi connectivity index (χ3v) is 1.37. The molecule has 0 unspecified atom stereocenters. The molecule has 52 valence electrons. The van der Waals surface area contributed by atoms with E-state index in [9.17, 15) is 0 Å². The number of aromatic nitrogens is 1. The van der Waals surface area contributed by atoms with Gasteiger partial charge in [0.05, 0.1) is 6.21 Å². The van der Waals surface area contributed by atoms with Gasteiger partial charge in [-0.25, -0.2) is 0 Å². The van der Waals surface area contributed by atoms with Gasteiger partial charge >= 0.3 is 0 Å². The smallest absolute Gasteiger partial charge is 0.0749 e. The minimum atomic E-state index is 0.761. The van der Waals surface area contributed by atoms with Gasteiger partial charge in [0, 0.05) is 22.4 Å². The molecule has 0 amide bonds. The Balaban J connectivity index is 2.95. The van der Waals surface area contributed by atoms with Crippen LogP contribution in [0.5, 0.6) is 0 Å². The molecule has 0 bridgehead atoms. The van der Waals surface area contributed by atoms with Gasteiger partial charge in [-0.3, -0.25) is 4.98 Å². The van der Waals surface area contributed by atoms with Crippen molar-refractivity contribution in [3.8, 4) is 0 Å². The van der Waals surface area contributed by atoms with Crippen LogP contribution in [-0.4, -0.2) is 16.4 Å². The highest BCUT2D eigenvalue weighted by molar-refractivity contribution is 9.10. The van der Waals surface area contributed by atoms with Crippen LogP contribution >= 0.6 is 15.9 Å². The molecule has 0 aliphatic heterocycles. The average Bonchev–Trinajstić information content (AvgIpc) is 1.88. The van der Waals surface area contributed by atoms with Gasteiger partial charge in [0.2, 0.25) is 0 Å². The molecule has 4 heteroatoms. The van der Waals surface area contributed by atoms with E-state index in [1.54, 1.807) is 18.5 Å². The highest BCUT2D eigenvalue weighted by atomic mass is 79.9. The van der Waals surface area contributed by atoms with E-state index in [1.165, 1.54) is 6.21 Å². The molecule has 3 nitrogen and oxygen atoms in total. The Kier molecular flexibility index (Phi) is 2.39. The summed E-state index contributed by atoms with van der Waals surface area (Å²) < 4.78 is 0.866. The molecular weight excluding hydrogens is 196 g/mol. The van der Waals surface area contributed by atoms with Crippen molar-refractivity contribution in [3.05, 3.63) is 28.5 Å². The van der Waals surface area contributed by atoms with Crippen LogP contribution in [0.3, 0.4) is 0 Å². The van der Waals surface area contributed by atoms with Crippen molar-refractivity contribution in [2.45, 2.75) is 0 Å². The fraction of sp³-hybridized carbons (Fsp3) is 0. The Labute approximate surface area is 66.5 Å². The van der Waals surface area contributed by atoms with E-state index in [0.717, 1.165) is 10.0 Å². The number of halogens is 1. The first kappa shape index (κ1) is 7.21. The molecule has 0 aromatic carbocycles. The predicted molar refractivity (Wildman–Crippen MR) is 41.3 cm³/mol. The highest BCUT2D eigenvalue weighted by Gasteiger charge is 1.88. The van der Waals surface area contributed by atoms with E-state index in [1.807, 2.05) is 0 Å². The summed E-state index contributed by atoms with van der Waals surface area (Å²) >= 11 is 3.23. The van der Waals surface area contributed by atoms with Gasteiger partial charge in [-0.2, -0.15) is 0 Å². The summed E-state index contributed by atoms with van der Waals surface area (Å²) in [6, 6.07) is 1.80. The lowest BCUT2D eigenvalue weighted by molar-refractivity contribution is 0.322. The Morgan fingerprint density at radius 1 is 1.60 bits per heavy atom. The van der Waals surface area contributed by atoms with Gasteiger partial charge in [-0.15, -0.1) is 0 Å². The summed E-state index contributed by atoms with van der Waals surface area (Å²) in [5.41, 5.74) is 0.761. The normalized spacial score (nSPS) is 10.5. The van der Waals surface area contributed by atoms with Crippen LogP contribution in [0.25, 0.3) is 0 Å². The van der Waals surface area contributed by atoms with E-state index in [0.29, 0.717) is 0 Å². The fourth-order valence-electron chi connectivity index (χ4n) is 0.566. The van der Waals surface area contributed by atoms with E-state index in [4.69, 9.17) is 5.21 Å². The SMILES string of the molecule is ON=Cc1cncc(Br)c1. The first-order valence-corrected chi connectivity index (χ1v) is 3.40. The standard InChI is InChI=1S/C6H5BrN2O/c7-6-1-5(3-9-10)2-8-4-6/h1-4,10H. The number of hydrogen-bond acceptors (Lipinski definition) is 3. The lowest BCUT2D eigenvalue weighted by Gasteiger charge is -1.89. The van der Waals surface area contributed by atoms with Crippen LogP contribution in [-0.2, 0) is 0 Å². The molecule has 1 rings (SSSR count). The van der Waals surface area contributed by atoms with E-state index in [2.05, 4.69) is 26.1 Å². The maximum atomic E-state index is 8.14. The summed E-state index contributed by atoms with van der Waals surface area (Å²) in [5, 5.41) is 11.0. The second-order valence-electron chi connectivity index (χ2n) is 1.68. The molecule has 0 radical (unpaired) electrons. The molecule has 1 aromatic heterocycles. The zero-order valence-corrected chi connectivity index (χ0v) is 6.62. The topological polar surface area (TPSA) is 45.5 Å². The summed E-state index contributed by atoms with van der Waals surface area (Å²) in [5.74, 6) is 0. The lowest BCUT2D eigenvalue weighted by atomic mass is 10.3. The van der Waals surface area contributed by atoms with Crippen LogP contribution < -0.4 is 0 Å². The average molecular weight is 201 g/mol. The Morgan fingerprint density at radius 2 is 2.40 bits per heavy atom. The minimum Gasteiger partial charge on any atom is -0.411 e. The van der Waals surface area contributed by atoms with Crippen LogP contribution in [0.15, 0.2) is 28.1 Å². The molecule has 1 heterocycles. The molecule has 0 aliphatic carbocycles. The third kappa shape index (κ3) is 1.80. The number of hydrogen-bond donors (Lipinski definition) is 1. The highest BCUT2D eigenvalue weighted by Crippen LogP contribution is 2.07. The maximum absolute atomic E-state index is 8.14. The van der Waals surface area contributed by atoms with E-state index < -0.39 is 0 Å². The maximum Gasteiger partial charge on any atom is 0.0749 e. The largest absolute Gasteiger partial charge is 0.411 e. The summed E-state index contributed by atoms with van der Waals surface area (Å²) in [7, 11) is 0. The third-order valence-electron chi connectivity index (χ3n) is 0.933. The molecule has 1 N–H and O–H groups in total. The van der Waals surface area contributed by atoms with Crippen LogP contribution in [0, 0.1) is 0 Å². The molecule has 0 atom stereocenters. The van der Waals surface area contributed by atoms with Gasteiger partial charge in [-0.1, -0.05) is 5.16 Å². The minimum absolute atomic E-state index is 0.761. The molecule has 0 aliphatic rings.